The minimum Gasteiger partial charge on any atom is -0.383 e. The highest BCUT2D eigenvalue weighted by atomic mass is 15.0. The standard InChI is InChI=1S/C17H17N5/c18-11-15-13(10-12-6-2-1-3-7-12)16(19)22-17(21-15)14-8-4-5-9-20-14/h1-9H,10-11,18H2,(H2,19,21,22). The fraction of sp³-hybridized carbons (Fsp3) is 0.118. The van der Waals surface area contributed by atoms with Gasteiger partial charge < -0.3 is 11.5 Å². The highest BCUT2D eigenvalue weighted by molar-refractivity contribution is 5.55. The van der Waals surface area contributed by atoms with Crippen LogP contribution in [0.2, 0.25) is 0 Å². The van der Waals surface area contributed by atoms with Crippen molar-refractivity contribution in [1.29, 1.82) is 0 Å². The molecule has 4 N–H and O–H groups in total. The van der Waals surface area contributed by atoms with Gasteiger partial charge in [-0.1, -0.05) is 36.4 Å². The van der Waals surface area contributed by atoms with Gasteiger partial charge in [0.2, 0.25) is 0 Å². The van der Waals surface area contributed by atoms with Crippen molar-refractivity contribution in [1.82, 2.24) is 15.0 Å². The summed E-state index contributed by atoms with van der Waals surface area (Å²) in [4.78, 5) is 13.2. The first-order valence-corrected chi connectivity index (χ1v) is 7.08. The van der Waals surface area contributed by atoms with Gasteiger partial charge in [-0.05, 0) is 17.7 Å². The predicted octanol–water partition coefficient (Wildman–Crippen LogP) is 2.17. The van der Waals surface area contributed by atoms with Gasteiger partial charge >= 0.3 is 0 Å². The summed E-state index contributed by atoms with van der Waals surface area (Å²) >= 11 is 0. The molecule has 5 heteroatoms. The first-order valence-electron chi connectivity index (χ1n) is 7.08. The van der Waals surface area contributed by atoms with Crippen LogP contribution >= 0.6 is 0 Å². The molecular weight excluding hydrogens is 274 g/mol. The van der Waals surface area contributed by atoms with E-state index in [0.29, 0.717) is 30.3 Å². The number of aromatic nitrogens is 3. The molecule has 0 spiro atoms. The Morgan fingerprint density at radius 1 is 0.909 bits per heavy atom. The molecule has 0 aliphatic rings. The monoisotopic (exact) mass is 291 g/mol. The molecule has 0 atom stereocenters. The topological polar surface area (TPSA) is 90.7 Å². The third-order valence-corrected chi connectivity index (χ3v) is 3.44. The lowest BCUT2D eigenvalue weighted by atomic mass is 10.0. The zero-order chi connectivity index (χ0) is 15.4. The molecule has 0 radical (unpaired) electrons. The Hall–Kier alpha value is -2.79. The number of pyridine rings is 1. The summed E-state index contributed by atoms with van der Waals surface area (Å²) < 4.78 is 0. The van der Waals surface area contributed by atoms with E-state index in [1.54, 1.807) is 6.20 Å². The highest BCUT2D eigenvalue weighted by Crippen LogP contribution is 2.22. The molecule has 5 nitrogen and oxygen atoms in total. The van der Waals surface area contributed by atoms with Crippen LogP contribution in [-0.4, -0.2) is 15.0 Å². The molecule has 3 rings (SSSR count). The normalized spacial score (nSPS) is 10.6. The summed E-state index contributed by atoms with van der Waals surface area (Å²) in [6, 6.07) is 15.7. The fourth-order valence-corrected chi connectivity index (χ4v) is 2.32. The molecule has 0 saturated heterocycles. The second kappa shape index (κ2) is 6.32. The number of hydrogen-bond donors (Lipinski definition) is 2. The second-order valence-electron chi connectivity index (χ2n) is 4.94. The van der Waals surface area contributed by atoms with Crippen molar-refractivity contribution >= 4 is 5.82 Å². The van der Waals surface area contributed by atoms with E-state index >= 15 is 0 Å². The molecule has 22 heavy (non-hydrogen) atoms. The van der Waals surface area contributed by atoms with Crippen LogP contribution in [0.15, 0.2) is 54.7 Å². The Morgan fingerprint density at radius 2 is 1.68 bits per heavy atom. The van der Waals surface area contributed by atoms with Crippen molar-refractivity contribution in [3.05, 3.63) is 71.5 Å². The summed E-state index contributed by atoms with van der Waals surface area (Å²) in [6.45, 7) is 0.314. The van der Waals surface area contributed by atoms with E-state index in [1.807, 2.05) is 48.5 Å². The molecule has 2 heterocycles. The van der Waals surface area contributed by atoms with E-state index in [1.165, 1.54) is 0 Å². The van der Waals surface area contributed by atoms with E-state index in [0.717, 1.165) is 16.8 Å². The molecule has 0 amide bonds. The highest BCUT2D eigenvalue weighted by Gasteiger charge is 2.13. The van der Waals surface area contributed by atoms with Crippen LogP contribution in [-0.2, 0) is 13.0 Å². The number of nitrogen functional groups attached to an aromatic ring is 1. The zero-order valence-corrected chi connectivity index (χ0v) is 12.1. The lowest BCUT2D eigenvalue weighted by Crippen LogP contribution is -2.12. The summed E-state index contributed by atoms with van der Waals surface area (Å²) in [6.07, 6.45) is 2.37. The molecule has 0 bridgehead atoms. The lowest BCUT2D eigenvalue weighted by molar-refractivity contribution is 0.925. The van der Waals surface area contributed by atoms with Gasteiger partial charge in [-0.15, -0.1) is 0 Å². The molecule has 0 aliphatic carbocycles. The molecular formula is C17H17N5. The molecule has 3 aromatic rings. The molecule has 110 valence electrons. The van der Waals surface area contributed by atoms with Crippen molar-refractivity contribution in [2.45, 2.75) is 13.0 Å². The van der Waals surface area contributed by atoms with E-state index in [-0.39, 0.29) is 0 Å². The van der Waals surface area contributed by atoms with Gasteiger partial charge in [-0.2, -0.15) is 0 Å². The third kappa shape index (κ3) is 2.94. The molecule has 0 saturated carbocycles. The van der Waals surface area contributed by atoms with Crippen LogP contribution in [0.25, 0.3) is 11.5 Å². The van der Waals surface area contributed by atoms with Crippen LogP contribution < -0.4 is 11.5 Å². The molecule has 1 aromatic carbocycles. The van der Waals surface area contributed by atoms with Crippen molar-refractivity contribution in [3.8, 4) is 11.5 Å². The van der Waals surface area contributed by atoms with Crippen LogP contribution in [0, 0.1) is 0 Å². The van der Waals surface area contributed by atoms with Crippen LogP contribution in [0.3, 0.4) is 0 Å². The van der Waals surface area contributed by atoms with Gasteiger partial charge in [0, 0.05) is 24.7 Å². The largest absolute Gasteiger partial charge is 0.383 e. The number of anilines is 1. The SMILES string of the molecule is NCc1nc(-c2ccccn2)nc(N)c1Cc1ccccc1. The molecule has 0 unspecified atom stereocenters. The Labute approximate surface area is 129 Å². The maximum absolute atomic E-state index is 6.15. The van der Waals surface area contributed by atoms with Crippen LogP contribution in [0.1, 0.15) is 16.8 Å². The maximum atomic E-state index is 6.15. The number of hydrogen-bond acceptors (Lipinski definition) is 5. The average molecular weight is 291 g/mol. The van der Waals surface area contributed by atoms with Gasteiger partial charge in [0.1, 0.15) is 11.5 Å². The Kier molecular flexibility index (Phi) is 4.07. The number of benzene rings is 1. The van der Waals surface area contributed by atoms with Crippen LogP contribution in [0.5, 0.6) is 0 Å². The predicted molar refractivity (Wildman–Crippen MR) is 86.8 cm³/mol. The minimum absolute atomic E-state index is 0.314. The third-order valence-electron chi connectivity index (χ3n) is 3.44. The lowest BCUT2D eigenvalue weighted by Gasteiger charge is -2.12. The first-order chi connectivity index (χ1) is 10.8. The maximum Gasteiger partial charge on any atom is 0.180 e. The Bertz CT molecular complexity index is 757. The number of rotatable bonds is 4. The Balaban J connectivity index is 2.01. The number of nitrogens with two attached hydrogens (primary N) is 2. The van der Waals surface area contributed by atoms with Crippen molar-refractivity contribution in [2.24, 2.45) is 5.73 Å². The fourth-order valence-electron chi connectivity index (χ4n) is 2.32. The van der Waals surface area contributed by atoms with E-state index < -0.39 is 0 Å². The smallest absolute Gasteiger partial charge is 0.180 e. The average Bonchev–Trinajstić information content (AvgIpc) is 2.58. The summed E-state index contributed by atoms with van der Waals surface area (Å²) in [7, 11) is 0. The van der Waals surface area contributed by atoms with Crippen molar-refractivity contribution in [2.75, 3.05) is 5.73 Å². The van der Waals surface area contributed by atoms with E-state index in [9.17, 15) is 0 Å². The number of nitrogens with zero attached hydrogens (tertiary/aromatic N) is 3. The molecule has 0 fully saturated rings. The van der Waals surface area contributed by atoms with Gasteiger partial charge in [0.25, 0.3) is 0 Å². The van der Waals surface area contributed by atoms with Crippen LogP contribution in [0.4, 0.5) is 5.82 Å². The first kappa shape index (κ1) is 14.2. The molecule has 0 aliphatic heterocycles. The zero-order valence-electron chi connectivity index (χ0n) is 12.1. The summed E-state index contributed by atoms with van der Waals surface area (Å²) in [5.41, 5.74) is 15.5. The van der Waals surface area contributed by atoms with Gasteiger partial charge in [-0.25, -0.2) is 9.97 Å². The van der Waals surface area contributed by atoms with Gasteiger partial charge in [0.05, 0.1) is 5.69 Å². The minimum atomic E-state index is 0.314. The van der Waals surface area contributed by atoms with Gasteiger partial charge in [-0.3, -0.25) is 4.98 Å². The van der Waals surface area contributed by atoms with Crippen molar-refractivity contribution in [3.63, 3.8) is 0 Å². The summed E-state index contributed by atoms with van der Waals surface area (Å²) in [5.74, 6) is 0.968. The quantitative estimate of drug-likeness (QED) is 0.768. The Morgan fingerprint density at radius 3 is 2.36 bits per heavy atom. The second-order valence-corrected chi connectivity index (χ2v) is 4.94. The summed E-state index contributed by atoms with van der Waals surface area (Å²) in [5, 5.41) is 0. The van der Waals surface area contributed by atoms with E-state index in [4.69, 9.17) is 11.5 Å². The van der Waals surface area contributed by atoms with E-state index in [2.05, 4.69) is 15.0 Å². The van der Waals surface area contributed by atoms with Gasteiger partial charge in [0.15, 0.2) is 5.82 Å². The van der Waals surface area contributed by atoms with Crippen molar-refractivity contribution < 1.29 is 0 Å². The molecule has 2 aromatic heterocycles.